The lowest BCUT2D eigenvalue weighted by atomic mass is 9.88. The average molecular weight is 279 g/mol. The van der Waals surface area contributed by atoms with Crippen molar-refractivity contribution in [3.05, 3.63) is 17.2 Å². The van der Waals surface area contributed by atoms with Crippen LogP contribution in [0.5, 0.6) is 17.2 Å². The number of methoxy groups -OCH3 is 1. The number of rotatable bonds is 3. The summed E-state index contributed by atoms with van der Waals surface area (Å²) in [5, 5.41) is 9.78. The van der Waals surface area contributed by atoms with E-state index in [1.165, 1.54) is 5.56 Å². The van der Waals surface area contributed by atoms with Crippen molar-refractivity contribution in [2.24, 2.45) is 0 Å². The lowest BCUT2D eigenvalue weighted by Gasteiger charge is -2.36. The fourth-order valence-electron chi connectivity index (χ4n) is 3.15. The lowest BCUT2D eigenvalue weighted by Crippen LogP contribution is -2.34. The van der Waals surface area contributed by atoms with Crippen molar-refractivity contribution < 1.29 is 19.3 Å². The predicted molar refractivity (Wildman–Crippen MR) is 74.5 cm³/mol. The smallest absolute Gasteiger partial charge is 0.231 e. The first-order chi connectivity index (χ1) is 9.61. The third-order valence-corrected chi connectivity index (χ3v) is 4.11. The Hall–Kier alpha value is -1.46. The first-order valence-electron chi connectivity index (χ1n) is 6.99. The van der Waals surface area contributed by atoms with E-state index in [4.69, 9.17) is 14.2 Å². The van der Waals surface area contributed by atoms with Gasteiger partial charge in [-0.25, -0.2) is 0 Å². The molecule has 2 atom stereocenters. The Morgan fingerprint density at radius 2 is 2.30 bits per heavy atom. The van der Waals surface area contributed by atoms with Crippen molar-refractivity contribution in [2.45, 2.75) is 31.9 Å². The minimum atomic E-state index is -0.358. The molecule has 3 rings (SSSR count). The van der Waals surface area contributed by atoms with Gasteiger partial charge >= 0.3 is 0 Å². The molecule has 0 radical (unpaired) electrons. The Balaban J connectivity index is 2.12. The molecule has 2 aliphatic heterocycles. The largest absolute Gasteiger partial charge is 0.492 e. The molecular weight excluding hydrogens is 258 g/mol. The van der Waals surface area contributed by atoms with E-state index in [0.29, 0.717) is 12.2 Å². The molecule has 0 saturated carbocycles. The van der Waals surface area contributed by atoms with E-state index in [-0.39, 0.29) is 18.9 Å². The number of nitrogens with zero attached hydrogens (tertiary/aromatic N) is 1. The Morgan fingerprint density at radius 1 is 1.50 bits per heavy atom. The molecule has 0 aliphatic carbocycles. The van der Waals surface area contributed by atoms with Gasteiger partial charge in [0.2, 0.25) is 12.5 Å². The molecule has 2 unspecified atom stereocenters. The maximum Gasteiger partial charge on any atom is 0.231 e. The zero-order valence-corrected chi connectivity index (χ0v) is 12.2. The molecule has 110 valence electrons. The monoisotopic (exact) mass is 279 g/mol. The topological polar surface area (TPSA) is 51.2 Å². The van der Waals surface area contributed by atoms with Crippen LogP contribution in [0.1, 0.15) is 30.5 Å². The number of hydrogen-bond acceptors (Lipinski definition) is 5. The average Bonchev–Trinajstić information content (AvgIpc) is 2.87. The molecular formula is C15H21NO4. The van der Waals surface area contributed by atoms with Gasteiger partial charge < -0.3 is 19.3 Å². The molecule has 1 aromatic carbocycles. The number of fused-ring (bicyclic) bond motifs is 2. The van der Waals surface area contributed by atoms with Crippen molar-refractivity contribution in [1.29, 1.82) is 0 Å². The van der Waals surface area contributed by atoms with E-state index in [1.54, 1.807) is 7.11 Å². The van der Waals surface area contributed by atoms with Crippen LogP contribution in [-0.4, -0.2) is 43.6 Å². The maximum atomic E-state index is 9.78. The van der Waals surface area contributed by atoms with E-state index in [9.17, 15) is 5.11 Å². The quantitative estimate of drug-likeness (QED) is 0.913. The number of aliphatic hydroxyl groups is 1. The molecule has 0 saturated heterocycles. The highest BCUT2D eigenvalue weighted by Crippen LogP contribution is 2.50. The molecule has 5 nitrogen and oxygen atoms in total. The summed E-state index contributed by atoms with van der Waals surface area (Å²) in [6.45, 7) is 3.03. The van der Waals surface area contributed by atoms with Gasteiger partial charge in [-0.15, -0.1) is 0 Å². The maximum absolute atomic E-state index is 9.78. The standard InChI is InChI=1S/C15H21NO4/c1-9(17)6-11-13-10(4-5-16(11)2)7-12-14(15(13)18-3)20-8-19-12/h7,9,11,17H,4-6,8H2,1-3H3. The molecule has 1 aromatic rings. The summed E-state index contributed by atoms with van der Waals surface area (Å²) >= 11 is 0. The van der Waals surface area contributed by atoms with Crippen molar-refractivity contribution in [3.63, 3.8) is 0 Å². The van der Waals surface area contributed by atoms with Gasteiger partial charge in [0.05, 0.1) is 13.2 Å². The second kappa shape index (κ2) is 5.14. The zero-order valence-electron chi connectivity index (χ0n) is 12.2. The second-order valence-corrected chi connectivity index (χ2v) is 5.55. The highest BCUT2D eigenvalue weighted by Gasteiger charge is 2.34. The van der Waals surface area contributed by atoms with E-state index in [0.717, 1.165) is 30.0 Å². The fraction of sp³-hybridized carbons (Fsp3) is 0.600. The van der Waals surface area contributed by atoms with Gasteiger partial charge in [-0.2, -0.15) is 0 Å². The number of hydrogen-bond donors (Lipinski definition) is 1. The Kier molecular flexibility index (Phi) is 3.48. The van der Waals surface area contributed by atoms with Crippen LogP contribution in [0.25, 0.3) is 0 Å². The Labute approximate surface area is 119 Å². The van der Waals surface area contributed by atoms with E-state index < -0.39 is 0 Å². The molecule has 0 spiro atoms. The molecule has 0 bridgehead atoms. The van der Waals surface area contributed by atoms with Crippen LogP contribution in [0.2, 0.25) is 0 Å². The number of aliphatic hydroxyl groups excluding tert-OH is 1. The minimum absolute atomic E-state index is 0.142. The molecule has 0 amide bonds. The van der Waals surface area contributed by atoms with Crippen LogP contribution < -0.4 is 14.2 Å². The summed E-state index contributed by atoms with van der Waals surface area (Å²) in [5.74, 6) is 2.21. The van der Waals surface area contributed by atoms with Crippen molar-refractivity contribution in [3.8, 4) is 17.2 Å². The molecule has 2 heterocycles. The number of ether oxygens (including phenoxy) is 3. The molecule has 0 aromatic heterocycles. The third kappa shape index (κ3) is 2.11. The SMILES string of the molecule is COc1c2c(cc3c1C(CC(C)O)N(C)CC3)OCO2. The third-order valence-electron chi connectivity index (χ3n) is 4.11. The summed E-state index contributed by atoms with van der Waals surface area (Å²) in [4.78, 5) is 2.26. The molecule has 5 heteroatoms. The summed E-state index contributed by atoms with van der Waals surface area (Å²) in [6, 6.07) is 2.20. The number of likely N-dealkylation sites (N-methyl/N-ethyl adjacent to an activating group) is 1. The van der Waals surface area contributed by atoms with Gasteiger partial charge in [-0.1, -0.05) is 0 Å². The first-order valence-corrected chi connectivity index (χ1v) is 6.99. The van der Waals surface area contributed by atoms with Gasteiger partial charge in [-0.3, -0.25) is 4.90 Å². The first kappa shape index (κ1) is 13.5. The Morgan fingerprint density at radius 3 is 3.00 bits per heavy atom. The van der Waals surface area contributed by atoms with Crippen molar-refractivity contribution in [2.75, 3.05) is 27.5 Å². The van der Waals surface area contributed by atoms with E-state index in [1.807, 2.05) is 6.92 Å². The Bertz CT molecular complexity index is 515. The van der Waals surface area contributed by atoms with Gasteiger partial charge in [0, 0.05) is 18.2 Å². The van der Waals surface area contributed by atoms with Crippen LogP contribution in [0.3, 0.4) is 0 Å². The van der Waals surface area contributed by atoms with Gasteiger partial charge in [-0.05, 0) is 38.4 Å². The number of benzene rings is 1. The summed E-state index contributed by atoms with van der Waals surface area (Å²) in [6.07, 6.45) is 1.28. The molecule has 20 heavy (non-hydrogen) atoms. The lowest BCUT2D eigenvalue weighted by molar-refractivity contribution is 0.119. The zero-order chi connectivity index (χ0) is 14.3. The highest BCUT2D eigenvalue weighted by atomic mass is 16.7. The summed E-state index contributed by atoms with van der Waals surface area (Å²) < 4.78 is 16.6. The molecule has 1 N–H and O–H groups in total. The highest BCUT2D eigenvalue weighted by molar-refractivity contribution is 5.61. The van der Waals surface area contributed by atoms with Crippen LogP contribution in [0.15, 0.2) is 6.07 Å². The predicted octanol–water partition coefficient (Wildman–Crippen LogP) is 1.72. The van der Waals surface area contributed by atoms with Crippen LogP contribution >= 0.6 is 0 Å². The van der Waals surface area contributed by atoms with E-state index >= 15 is 0 Å². The van der Waals surface area contributed by atoms with Crippen LogP contribution in [-0.2, 0) is 6.42 Å². The normalized spacial score (nSPS) is 22.5. The van der Waals surface area contributed by atoms with Gasteiger partial charge in [0.25, 0.3) is 0 Å². The summed E-state index contributed by atoms with van der Waals surface area (Å²) in [5.41, 5.74) is 2.36. The van der Waals surface area contributed by atoms with Gasteiger partial charge in [0.1, 0.15) is 0 Å². The molecule has 2 aliphatic rings. The second-order valence-electron chi connectivity index (χ2n) is 5.55. The van der Waals surface area contributed by atoms with E-state index in [2.05, 4.69) is 18.0 Å². The van der Waals surface area contributed by atoms with Crippen LogP contribution in [0, 0.1) is 0 Å². The van der Waals surface area contributed by atoms with Gasteiger partial charge in [0.15, 0.2) is 11.5 Å². The van der Waals surface area contributed by atoms with Crippen molar-refractivity contribution in [1.82, 2.24) is 4.90 Å². The van der Waals surface area contributed by atoms with Crippen LogP contribution in [0.4, 0.5) is 0 Å². The fourth-order valence-corrected chi connectivity index (χ4v) is 3.15. The minimum Gasteiger partial charge on any atom is -0.492 e. The van der Waals surface area contributed by atoms with Crippen molar-refractivity contribution >= 4 is 0 Å². The molecule has 0 fully saturated rings. The summed E-state index contributed by atoms with van der Waals surface area (Å²) in [7, 11) is 3.74.